The molecule has 0 saturated heterocycles. The third-order valence-electron chi connectivity index (χ3n) is 7.50. The van der Waals surface area contributed by atoms with Crippen molar-refractivity contribution in [3.05, 3.63) is 105 Å². The van der Waals surface area contributed by atoms with E-state index in [9.17, 15) is 15.0 Å². The molecule has 1 saturated carbocycles. The molecule has 3 N–H and O–H groups in total. The number of ether oxygens (including phenoxy) is 1. The van der Waals surface area contributed by atoms with Gasteiger partial charge in [-0.05, 0) is 67.1 Å². The summed E-state index contributed by atoms with van der Waals surface area (Å²) in [5.74, 6) is 0.640. The quantitative estimate of drug-likeness (QED) is 0.227. The van der Waals surface area contributed by atoms with E-state index in [-0.39, 0.29) is 24.8 Å². The maximum absolute atomic E-state index is 13.7. The van der Waals surface area contributed by atoms with Gasteiger partial charge in [0.2, 0.25) is 0 Å². The van der Waals surface area contributed by atoms with E-state index in [0.717, 1.165) is 50.7 Å². The van der Waals surface area contributed by atoms with Gasteiger partial charge < -0.3 is 25.2 Å². The summed E-state index contributed by atoms with van der Waals surface area (Å²) in [6.45, 7) is 2.44. The molecule has 6 rings (SSSR count). The Morgan fingerprint density at radius 3 is 2.54 bits per heavy atom. The minimum Gasteiger partial charge on any atom is -0.656 e. The van der Waals surface area contributed by atoms with Crippen LogP contribution in [0.15, 0.2) is 72.8 Å². The van der Waals surface area contributed by atoms with Gasteiger partial charge in [-0.1, -0.05) is 48.5 Å². The first-order valence-electron chi connectivity index (χ1n) is 13.5. The van der Waals surface area contributed by atoms with E-state index in [0.29, 0.717) is 35.8 Å². The molecule has 0 bridgehead atoms. The fourth-order valence-electron chi connectivity index (χ4n) is 5.14. The van der Waals surface area contributed by atoms with Crippen molar-refractivity contribution in [3.8, 4) is 16.2 Å². The number of anilines is 1. The summed E-state index contributed by atoms with van der Waals surface area (Å²) in [5.41, 5.74) is 5.75. The first-order valence-corrected chi connectivity index (χ1v) is 14.3. The summed E-state index contributed by atoms with van der Waals surface area (Å²) in [7, 11) is 1.61. The van der Waals surface area contributed by atoms with Gasteiger partial charge in [-0.3, -0.25) is 10.1 Å². The van der Waals surface area contributed by atoms with Crippen LogP contribution in [0.2, 0.25) is 0 Å². The molecule has 3 aromatic carbocycles. The van der Waals surface area contributed by atoms with Gasteiger partial charge in [0.05, 0.1) is 12.8 Å². The van der Waals surface area contributed by atoms with Crippen molar-refractivity contribution >= 4 is 28.6 Å². The molecule has 9 heteroatoms. The van der Waals surface area contributed by atoms with Crippen LogP contribution in [0.1, 0.15) is 57.2 Å². The minimum atomic E-state index is -1.02. The molecule has 2 heterocycles. The third-order valence-corrected chi connectivity index (χ3v) is 8.76. The second kappa shape index (κ2) is 12.4. The number of methoxy groups -OCH3 is 1. The van der Waals surface area contributed by atoms with E-state index in [1.165, 1.54) is 0 Å². The number of carbonyl (C=O) groups excluding carboxylic acids is 1. The number of thiophene rings is 1. The SMILES string of the molecule is COc1ccc(C(O)[N-]c2ccc(C(=O)N3CCc4cc(C(O)NC5CC5)sc4-c4ccccc43)cc2)c(C)c1.[Li+]. The zero-order chi connectivity index (χ0) is 27.8. The molecule has 0 spiro atoms. The summed E-state index contributed by atoms with van der Waals surface area (Å²) in [4.78, 5) is 17.6. The average Bonchev–Trinajstić information content (AvgIpc) is 3.71. The zero-order valence-electron chi connectivity index (χ0n) is 23.5. The molecule has 1 amide bonds. The van der Waals surface area contributed by atoms with Crippen molar-refractivity contribution in [2.24, 2.45) is 0 Å². The van der Waals surface area contributed by atoms with Crippen LogP contribution in [0.3, 0.4) is 0 Å². The number of carbonyl (C=O) groups is 1. The van der Waals surface area contributed by atoms with Crippen LogP contribution in [-0.2, 0) is 6.42 Å². The second-order valence-electron chi connectivity index (χ2n) is 10.3. The van der Waals surface area contributed by atoms with Gasteiger partial charge in [-0.2, -0.15) is 0 Å². The first-order chi connectivity index (χ1) is 19.4. The maximum Gasteiger partial charge on any atom is 1.00 e. The van der Waals surface area contributed by atoms with Crippen LogP contribution < -0.4 is 33.8 Å². The molecule has 41 heavy (non-hydrogen) atoms. The van der Waals surface area contributed by atoms with E-state index in [4.69, 9.17) is 4.74 Å². The molecule has 0 radical (unpaired) electrons. The second-order valence-corrected chi connectivity index (χ2v) is 11.4. The standard InChI is InChI=1S/C32H33N3O4S.Li/c1-19-17-24(39-2)13-14-25(19)30(36)33-22-9-7-20(8-10-22)32(38)35-16-15-21-18-28(31(37)34-23-11-12-23)40-29(21)26-5-3-4-6-27(26)35;/h3-10,13-14,17-18,23,30-31,34,36-37H,11-12,15-16H2,1-2H3,(H,33,38);/q;+1/p-1. The Balaban J connectivity index is 0.00000337. The number of aryl methyl sites for hydroxylation is 1. The normalized spacial score (nSPS) is 15.6. The summed E-state index contributed by atoms with van der Waals surface area (Å²) in [6.07, 6.45) is 1.24. The number of nitrogens with zero attached hydrogens (tertiary/aromatic N) is 2. The van der Waals surface area contributed by atoms with Crippen LogP contribution >= 0.6 is 11.3 Å². The molecule has 206 valence electrons. The monoisotopic (exact) mass is 561 g/mol. The number of aliphatic hydroxyl groups is 2. The molecular formula is C32H32LiN3O4S. The van der Waals surface area contributed by atoms with E-state index >= 15 is 0 Å². The van der Waals surface area contributed by atoms with Crippen LogP contribution in [0.5, 0.6) is 5.75 Å². The van der Waals surface area contributed by atoms with E-state index in [2.05, 4.69) is 16.7 Å². The molecule has 4 aromatic rings. The molecular weight excluding hydrogens is 529 g/mol. The molecule has 1 aromatic heterocycles. The van der Waals surface area contributed by atoms with E-state index in [1.54, 1.807) is 48.8 Å². The molecule has 7 nitrogen and oxygen atoms in total. The molecule has 1 aliphatic carbocycles. The zero-order valence-corrected chi connectivity index (χ0v) is 24.3. The van der Waals surface area contributed by atoms with Crippen LogP contribution in [0.4, 0.5) is 11.4 Å². The summed E-state index contributed by atoms with van der Waals surface area (Å²) >= 11 is 1.59. The van der Waals surface area contributed by atoms with E-state index < -0.39 is 12.5 Å². The first kappa shape index (κ1) is 29.4. The van der Waals surface area contributed by atoms with Crippen molar-refractivity contribution in [1.82, 2.24) is 5.32 Å². The van der Waals surface area contributed by atoms with Crippen molar-refractivity contribution < 1.29 is 38.6 Å². The number of hydrogen-bond donors (Lipinski definition) is 3. The fourth-order valence-corrected chi connectivity index (χ4v) is 6.33. The molecule has 1 fully saturated rings. The van der Waals surface area contributed by atoms with Crippen LogP contribution in [0, 0.1) is 6.92 Å². The number of para-hydroxylation sites is 1. The van der Waals surface area contributed by atoms with Crippen LogP contribution in [0.25, 0.3) is 15.8 Å². The van der Waals surface area contributed by atoms with Gasteiger partial charge in [-0.25, -0.2) is 0 Å². The Bertz CT molecular complexity index is 1540. The Hall–Kier alpha value is -3.09. The number of fused-ring (bicyclic) bond motifs is 3. The molecule has 1 aliphatic heterocycles. The Labute approximate surface area is 256 Å². The van der Waals surface area contributed by atoms with Crippen LogP contribution in [-0.4, -0.2) is 35.8 Å². The van der Waals surface area contributed by atoms with Gasteiger partial charge in [0, 0.05) is 39.7 Å². The molecule has 2 atom stereocenters. The van der Waals surface area contributed by atoms with E-state index in [1.807, 2.05) is 48.2 Å². The third kappa shape index (κ3) is 6.24. The van der Waals surface area contributed by atoms with Crippen molar-refractivity contribution in [1.29, 1.82) is 0 Å². The van der Waals surface area contributed by atoms with Gasteiger partial charge in [0.15, 0.2) is 0 Å². The van der Waals surface area contributed by atoms with Gasteiger partial charge >= 0.3 is 18.9 Å². The Morgan fingerprint density at radius 1 is 1.07 bits per heavy atom. The molecule has 2 unspecified atom stereocenters. The predicted molar refractivity (Wildman–Crippen MR) is 158 cm³/mol. The number of nitrogens with one attached hydrogen (secondary N) is 1. The fraction of sp³-hybridized carbons (Fsp3) is 0.281. The number of rotatable bonds is 8. The average molecular weight is 562 g/mol. The predicted octanol–water partition coefficient (Wildman–Crippen LogP) is 3.38. The topological polar surface area (TPSA) is 96.1 Å². The molecule has 2 aliphatic rings. The Morgan fingerprint density at radius 2 is 1.83 bits per heavy atom. The summed E-state index contributed by atoms with van der Waals surface area (Å²) in [6, 6.07) is 23.0. The van der Waals surface area contributed by atoms with Crippen molar-refractivity contribution in [2.45, 2.75) is 44.7 Å². The largest absolute Gasteiger partial charge is 1.00 e. The van der Waals surface area contributed by atoms with Gasteiger partial charge in [0.25, 0.3) is 5.91 Å². The minimum absolute atomic E-state index is 0. The smallest absolute Gasteiger partial charge is 0.656 e. The number of amides is 1. The van der Waals surface area contributed by atoms with Crippen molar-refractivity contribution in [2.75, 3.05) is 18.6 Å². The van der Waals surface area contributed by atoms with Crippen molar-refractivity contribution in [3.63, 3.8) is 0 Å². The van der Waals surface area contributed by atoms with Gasteiger partial charge in [-0.15, -0.1) is 17.0 Å². The van der Waals surface area contributed by atoms with Gasteiger partial charge in [0.1, 0.15) is 12.0 Å². The summed E-state index contributed by atoms with van der Waals surface area (Å²) in [5, 5.41) is 29.1. The summed E-state index contributed by atoms with van der Waals surface area (Å²) < 4.78 is 5.25. The Kier molecular flexibility index (Phi) is 8.90. The number of hydrogen-bond acceptors (Lipinski definition) is 6. The number of benzene rings is 3. The maximum atomic E-state index is 13.7. The number of aliphatic hydroxyl groups excluding tert-OH is 2.